The lowest BCUT2D eigenvalue weighted by Gasteiger charge is -2.49. The first-order valence-corrected chi connectivity index (χ1v) is 14.8. The van der Waals surface area contributed by atoms with Crippen molar-refractivity contribution in [2.75, 3.05) is 23.8 Å². The van der Waals surface area contributed by atoms with E-state index in [1.807, 2.05) is 24.3 Å². The van der Waals surface area contributed by atoms with Crippen molar-refractivity contribution in [1.29, 1.82) is 0 Å². The Labute approximate surface area is 237 Å². The van der Waals surface area contributed by atoms with Crippen LogP contribution in [-0.4, -0.2) is 80.3 Å². The van der Waals surface area contributed by atoms with E-state index in [1.165, 1.54) is 51.9 Å². The standard InChI is InChI=1S/C19H23N5O4S4.C2HF3O2/c20-5-6-29-9-13(25)23-14-16(26)24-15(18(27)28)12(8-30-17(14)24)32-11-4-2-1-3-10(11)7-31-19(21)22;3-2(4,5)1(6)7/h1-4,14,17H,5-9,20H2,(H3,21,22)(H,23,25)(H,27,28);(H,6,7)/t14-,17-;/m1./s1. The number of nitrogens with zero attached hydrogens (tertiary/aromatic N) is 1. The molecule has 0 aromatic heterocycles. The van der Waals surface area contributed by atoms with Crippen molar-refractivity contribution in [3.8, 4) is 0 Å². The van der Waals surface area contributed by atoms with Gasteiger partial charge in [-0.15, -0.1) is 11.8 Å². The number of hydrogen-bond donors (Lipinski definition) is 5. The second kappa shape index (κ2) is 14.7. The van der Waals surface area contributed by atoms with E-state index in [1.54, 1.807) is 0 Å². The molecular weight excluding hydrogens is 604 g/mol. The molecule has 39 heavy (non-hydrogen) atoms. The predicted octanol–water partition coefficient (Wildman–Crippen LogP) is -1.23. The Kier molecular flexibility index (Phi) is 12.3. The highest BCUT2D eigenvalue weighted by Crippen LogP contribution is 2.45. The third-order valence-corrected chi connectivity index (χ3v) is 9.22. The van der Waals surface area contributed by atoms with Crippen molar-refractivity contribution in [3.63, 3.8) is 0 Å². The first-order valence-electron chi connectivity index (χ1n) is 10.8. The fraction of sp³-hybridized carbons (Fsp3) is 0.381. The number of hydrogen-bond acceptors (Lipinski definition) is 10. The highest BCUT2D eigenvalue weighted by Gasteiger charge is 2.54. The number of carboxylic acids is 2. The molecule has 0 saturated carbocycles. The van der Waals surface area contributed by atoms with Gasteiger partial charge in [-0.3, -0.25) is 25.6 Å². The van der Waals surface area contributed by atoms with Crippen LogP contribution in [0.15, 0.2) is 39.8 Å². The normalized spacial score (nSPS) is 18.4. The van der Waals surface area contributed by atoms with Crippen molar-refractivity contribution in [2.45, 2.75) is 28.2 Å². The summed E-state index contributed by atoms with van der Waals surface area (Å²) in [4.78, 5) is 48.4. The van der Waals surface area contributed by atoms with E-state index in [0.29, 0.717) is 28.7 Å². The fourth-order valence-electron chi connectivity index (χ4n) is 3.15. The second-order valence-corrected chi connectivity index (χ2v) is 12.0. The van der Waals surface area contributed by atoms with Gasteiger partial charge in [-0.1, -0.05) is 30.0 Å². The molecule has 0 spiro atoms. The summed E-state index contributed by atoms with van der Waals surface area (Å²) in [6.45, 7) is 0.472. The van der Waals surface area contributed by atoms with Gasteiger partial charge in [0.1, 0.15) is 23.1 Å². The molecule has 214 valence electrons. The summed E-state index contributed by atoms with van der Waals surface area (Å²) < 4.78 is 31.5. The Morgan fingerprint density at radius 3 is 2.49 bits per heavy atom. The minimum atomic E-state index is -5.19. The number of amides is 2. The zero-order valence-electron chi connectivity index (χ0n) is 19.9. The quantitative estimate of drug-likeness (QED) is 0.0896. The number of rotatable bonds is 10. The van der Waals surface area contributed by atoms with Gasteiger partial charge in [-0.05, 0) is 23.4 Å². The molecule has 1 aromatic carbocycles. The maximum atomic E-state index is 12.7. The molecule has 0 unspecified atom stereocenters. The molecule has 1 aromatic rings. The van der Waals surface area contributed by atoms with Crippen molar-refractivity contribution >= 4 is 76.0 Å². The summed E-state index contributed by atoms with van der Waals surface area (Å²) in [6, 6.07) is 6.87. The lowest BCUT2D eigenvalue weighted by molar-refractivity contribution is -0.344. The minimum absolute atomic E-state index is 0.0286. The highest BCUT2D eigenvalue weighted by atomic mass is 32.2. The molecule has 0 bridgehead atoms. The average molecular weight is 628 g/mol. The number of fused-ring (bicyclic) bond motifs is 1. The highest BCUT2D eigenvalue weighted by molar-refractivity contribution is 8.12. The van der Waals surface area contributed by atoms with Gasteiger partial charge < -0.3 is 26.1 Å². The van der Waals surface area contributed by atoms with E-state index in [-0.39, 0.29) is 22.5 Å². The molecule has 8 N–H and O–H groups in total. The van der Waals surface area contributed by atoms with E-state index < -0.39 is 35.4 Å². The molecule has 2 aliphatic heterocycles. The SMILES string of the molecule is NCCSCC(=O)N[C@@H]1C(=O)N2C(C(=O)O)=C(Sc3ccccc3CSC(N)=[NH2+])CS[C@H]12.O=C([O-])C(F)(F)F. The summed E-state index contributed by atoms with van der Waals surface area (Å²) in [5.74, 6) is -3.01. The molecule has 2 amide bonds. The van der Waals surface area contributed by atoms with Crippen molar-refractivity contribution in [2.24, 2.45) is 11.5 Å². The van der Waals surface area contributed by atoms with Crippen LogP contribution in [0.1, 0.15) is 5.56 Å². The number of carbonyl (C=O) groups excluding carboxylic acids is 3. The van der Waals surface area contributed by atoms with Crippen LogP contribution in [0, 0.1) is 0 Å². The summed E-state index contributed by atoms with van der Waals surface area (Å²) in [5, 5.41) is 26.7. The molecule has 2 aliphatic rings. The van der Waals surface area contributed by atoms with Crippen LogP contribution in [0.2, 0.25) is 0 Å². The van der Waals surface area contributed by atoms with Gasteiger partial charge in [0.15, 0.2) is 0 Å². The summed E-state index contributed by atoms with van der Waals surface area (Å²) >= 11 is 5.46. The second-order valence-electron chi connectivity index (χ2n) is 7.56. The average Bonchev–Trinajstić information content (AvgIpc) is 2.86. The smallest absolute Gasteiger partial charge is 0.430 e. The van der Waals surface area contributed by atoms with E-state index >= 15 is 0 Å². The number of carboxylic acid groups (broad SMARTS) is 2. The maximum Gasteiger partial charge on any atom is 0.430 e. The Morgan fingerprint density at radius 1 is 1.28 bits per heavy atom. The molecular formula is C21H24F3N5O6S4. The third-order valence-electron chi connectivity index (χ3n) is 4.78. The zero-order chi connectivity index (χ0) is 29.3. The number of amidine groups is 1. The topological polar surface area (TPSA) is 204 Å². The van der Waals surface area contributed by atoms with E-state index in [0.717, 1.165) is 10.5 Å². The zero-order valence-corrected chi connectivity index (χ0v) is 23.2. The summed E-state index contributed by atoms with van der Waals surface area (Å²) in [5.41, 5.74) is 11.9. The summed E-state index contributed by atoms with van der Waals surface area (Å²) in [7, 11) is 0. The van der Waals surface area contributed by atoms with Crippen molar-refractivity contribution in [3.05, 3.63) is 40.4 Å². The van der Waals surface area contributed by atoms with Crippen LogP contribution in [0.25, 0.3) is 0 Å². The molecule has 0 aliphatic carbocycles. The Morgan fingerprint density at radius 2 is 1.92 bits per heavy atom. The lowest BCUT2D eigenvalue weighted by atomic mass is 10.1. The van der Waals surface area contributed by atoms with Crippen LogP contribution in [-0.2, 0) is 24.9 Å². The van der Waals surface area contributed by atoms with Gasteiger partial charge in [0, 0.05) is 33.6 Å². The van der Waals surface area contributed by atoms with Gasteiger partial charge in [0.2, 0.25) is 5.91 Å². The molecule has 2 heterocycles. The number of alkyl halides is 3. The number of β-lactam (4-membered cyclic amide) rings is 1. The van der Waals surface area contributed by atoms with Gasteiger partial charge in [0.25, 0.3) is 11.1 Å². The van der Waals surface area contributed by atoms with Gasteiger partial charge >= 0.3 is 12.1 Å². The largest absolute Gasteiger partial charge is 0.542 e. The number of carbonyl (C=O) groups is 4. The molecule has 3 rings (SSSR count). The van der Waals surface area contributed by atoms with E-state index in [2.05, 4.69) is 5.32 Å². The van der Waals surface area contributed by atoms with Crippen LogP contribution < -0.4 is 27.3 Å². The first-order chi connectivity index (χ1) is 18.3. The monoisotopic (exact) mass is 627 g/mol. The summed E-state index contributed by atoms with van der Waals surface area (Å²) in [6.07, 6.45) is -5.19. The predicted molar refractivity (Wildman–Crippen MR) is 142 cm³/mol. The molecule has 11 nitrogen and oxygen atoms in total. The number of halogens is 3. The Hall–Kier alpha value is -2.54. The molecule has 1 saturated heterocycles. The molecule has 1 fully saturated rings. The molecule has 2 atom stereocenters. The van der Waals surface area contributed by atoms with Crippen molar-refractivity contribution in [1.82, 2.24) is 10.2 Å². The number of aliphatic carboxylic acids is 2. The number of nitrogens with two attached hydrogens (primary N) is 3. The van der Waals surface area contributed by atoms with E-state index in [9.17, 15) is 32.7 Å². The number of benzene rings is 1. The maximum absolute atomic E-state index is 12.7. The van der Waals surface area contributed by atoms with Crippen molar-refractivity contribution < 1.29 is 48.0 Å². The van der Waals surface area contributed by atoms with Gasteiger partial charge in [-0.25, -0.2) is 4.79 Å². The van der Waals surface area contributed by atoms with Crippen LogP contribution >= 0.6 is 47.0 Å². The lowest BCUT2D eigenvalue weighted by Crippen LogP contribution is -2.70. The first kappa shape index (κ1) is 32.7. The van der Waals surface area contributed by atoms with Crippen LogP contribution in [0.5, 0.6) is 0 Å². The van der Waals surface area contributed by atoms with E-state index in [4.69, 9.17) is 26.8 Å². The minimum Gasteiger partial charge on any atom is -0.542 e. The molecule has 0 radical (unpaired) electrons. The fourth-order valence-corrected chi connectivity index (χ4v) is 6.99. The Bertz CT molecular complexity index is 1150. The third kappa shape index (κ3) is 9.26. The molecule has 18 heteroatoms. The van der Waals surface area contributed by atoms with Gasteiger partial charge in [-0.2, -0.15) is 24.9 Å². The number of nitrogens with one attached hydrogen (secondary N) is 1. The van der Waals surface area contributed by atoms with Crippen LogP contribution in [0.3, 0.4) is 0 Å². The van der Waals surface area contributed by atoms with Crippen LogP contribution in [0.4, 0.5) is 13.2 Å². The Balaban J connectivity index is 0.000000673. The van der Waals surface area contributed by atoms with Gasteiger partial charge in [0.05, 0.1) is 5.75 Å². The number of thioether (sulfide) groups is 4.